The number of halogens is 2. The van der Waals surface area contributed by atoms with Crippen molar-refractivity contribution in [3.63, 3.8) is 0 Å². The first-order valence-electron chi connectivity index (χ1n) is 5.01. The minimum atomic E-state index is 0. The molecule has 2 N–H and O–H groups in total. The van der Waals surface area contributed by atoms with E-state index in [-0.39, 0.29) is 24.4 Å². The highest BCUT2D eigenvalue weighted by Crippen LogP contribution is 2.09. The minimum Gasteiger partial charge on any atom is -0.351 e. The van der Waals surface area contributed by atoms with E-state index in [1.165, 1.54) is 0 Å². The normalized spacial score (nSPS) is 18.2. The van der Waals surface area contributed by atoms with Gasteiger partial charge in [0.1, 0.15) is 0 Å². The molecule has 1 saturated heterocycles. The van der Waals surface area contributed by atoms with E-state index in [9.17, 15) is 4.79 Å². The molecular weight excluding hydrogens is 247 g/mol. The van der Waals surface area contributed by atoms with Gasteiger partial charge in [0.15, 0.2) is 0 Å². The maximum atomic E-state index is 11.5. The Hall–Kier alpha value is -0.770. The SMILES string of the molecule is Cl.O=C(NCc1ccc(Cl)cc1)[C@H]1CCN1. The highest BCUT2D eigenvalue weighted by molar-refractivity contribution is 6.30. The molecule has 0 saturated carbocycles. The average molecular weight is 261 g/mol. The molecule has 1 aliphatic heterocycles. The lowest BCUT2D eigenvalue weighted by Crippen LogP contribution is -2.52. The minimum absolute atomic E-state index is 0. The van der Waals surface area contributed by atoms with Gasteiger partial charge in [-0.1, -0.05) is 23.7 Å². The third-order valence-electron chi connectivity index (χ3n) is 2.52. The summed E-state index contributed by atoms with van der Waals surface area (Å²) in [5.41, 5.74) is 1.06. The molecule has 3 nitrogen and oxygen atoms in total. The summed E-state index contributed by atoms with van der Waals surface area (Å²) >= 11 is 5.76. The van der Waals surface area contributed by atoms with Gasteiger partial charge in [-0.2, -0.15) is 0 Å². The Labute approximate surface area is 106 Å². The standard InChI is InChI=1S/C11H13ClN2O.ClH/c12-9-3-1-8(2-4-9)7-14-11(15)10-5-6-13-10;/h1-4,10,13H,5-7H2,(H,14,15);1H/t10-;/m1./s1. The van der Waals surface area contributed by atoms with Crippen LogP contribution in [-0.2, 0) is 11.3 Å². The molecule has 1 aliphatic rings. The van der Waals surface area contributed by atoms with Gasteiger partial charge in [-0.15, -0.1) is 12.4 Å². The molecule has 0 aromatic heterocycles. The molecular formula is C11H14Cl2N2O. The third-order valence-corrected chi connectivity index (χ3v) is 2.77. The predicted octanol–water partition coefficient (Wildman–Crippen LogP) is 1.74. The summed E-state index contributed by atoms with van der Waals surface area (Å²) in [4.78, 5) is 11.5. The maximum absolute atomic E-state index is 11.5. The van der Waals surface area contributed by atoms with E-state index in [0.29, 0.717) is 11.6 Å². The number of nitrogens with one attached hydrogen (secondary N) is 2. The van der Waals surface area contributed by atoms with Crippen molar-refractivity contribution in [2.75, 3.05) is 6.54 Å². The summed E-state index contributed by atoms with van der Waals surface area (Å²) in [6.07, 6.45) is 0.937. The average Bonchev–Trinajstić information content (AvgIpc) is 2.14. The summed E-state index contributed by atoms with van der Waals surface area (Å²) in [5, 5.41) is 6.65. The highest BCUT2D eigenvalue weighted by atomic mass is 35.5. The van der Waals surface area contributed by atoms with Crippen molar-refractivity contribution in [2.24, 2.45) is 0 Å². The second kappa shape index (κ2) is 6.09. The fraction of sp³-hybridized carbons (Fsp3) is 0.364. The summed E-state index contributed by atoms with van der Waals surface area (Å²) in [7, 11) is 0. The van der Waals surface area contributed by atoms with Crippen molar-refractivity contribution in [1.82, 2.24) is 10.6 Å². The predicted molar refractivity (Wildman–Crippen MR) is 67.0 cm³/mol. The largest absolute Gasteiger partial charge is 0.351 e. The molecule has 0 spiro atoms. The second-order valence-electron chi connectivity index (χ2n) is 3.64. The van der Waals surface area contributed by atoms with E-state index in [0.717, 1.165) is 18.5 Å². The van der Waals surface area contributed by atoms with Gasteiger partial charge in [-0.3, -0.25) is 4.79 Å². The highest BCUT2D eigenvalue weighted by Gasteiger charge is 2.23. The smallest absolute Gasteiger partial charge is 0.237 e. The zero-order valence-electron chi connectivity index (χ0n) is 8.70. The molecule has 5 heteroatoms. The van der Waals surface area contributed by atoms with E-state index in [1.54, 1.807) is 0 Å². The molecule has 2 rings (SSSR count). The summed E-state index contributed by atoms with van der Waals surface area (Å²) in [6.45, 7) is 1.51. The molecule has 1 aromatic carbocycles. The van der Waals surface area contributed by atoms with Crippen LogP contribution in [0.1, 0.15) is 12.0 Å². The van der Waals surface area contributed by atoms with Crippen molar-refractivity contribution in [3.05, 3.63) is 34.9 Å². The molecule has 1 amide bonds. The first kappa shape index (κ1) is 13.3. The number of hydrogen-bond donors (Lipinski definition) is 2. The number of carbonyl (C=O) groups excluding carboxylic acids is 1. The van der Waals surface area contributed by atoms with Gasteiger partial charge >= 0.3 is 0 Å². The van der Waals surface area contributed by atoms with Crippen LogP contribution in [0.2, 0.25) is 5.02 Å². The van der Waals surface area contributed by atoms with Gasteiger partial charge in [0.05, 0.1) is 6.04 Å². The van der Waals surface area contributed by atoms with Gasteiger partial charge < -0.3 is 10.6 Å². The number of rotatable bonds is 3. The van der Waals surface area contributed by atoms with Gasteiger partial charge in [0.25, 0.3) is 0 Å². The van der Waals surface area contributed by atoms with Crippen molar-refractivity contribution < 1.29 is 4.79 Å². The number of benzene rings is 1. The molecule has 16 heavy (non-hydrogen) atoms. The molecule has 0 radical (unpaired) electrons. The number of carbonyl (C=O) groups is 1. The third kappa shape index (κ3) is 3.37. The summed E-state index contributed by atoms with van der Waals surface area (Å²) < 4.78 is 0. The topological polar surface area (TPSA) is 41.1 Å². The lowest BCUT2D eigenvalue weighted by Gasteiger charge is -2.26. The fourth-order valence-electron chi connectivity index (χ4n) is 1.43. The van der Waals surface area contributed by atoms with E-state index >= 15 is 0 Å². The van der Waals surface area contributed by atoms with Crippen molar-refractivity contribution >= 4 is 29.9 Å². The molecule has 0 unspecified atom stereocenters. The van der Waals surface area contributed by atoms with E-state index in [1.807, 2.05) is 24.3 Å². The van der Waals surface area contributed by atoms with Gasteiger partial charge in [-0.05, 0) is 30.7 Å². The van der Waals surface area contributed by atoms with Crippen LogP contribution in [0.3, 0.4) is 0 Å². The monoisotopic (exact) mass is 260 g/mol. The maximum Gasteiger partial charge on any atom is 0.237 e. The number of hydrogen-bond acceptors (Lipinski definition) is 2. The summed E-state index contributed by atoms with van der Waals surface area (Å²) in [6, 6.07) is 7.49. The molecule has 1 atom stereocenters. The van der Waals surface area contributed by atoms with E-state index in [4.69, 9.17) is 11.6 Å². The van der Waals surface area contributed by atoms with Crippen LogP contribution in [-0.4, -0.2) is 18.5 Å². The van der Waals surface area contributed by atoms with Crippen LogP contribution >= 0.6 is 24.0 Å². The van der Waals surface area contributed by atoms with E-state index < -0.39 is 0 Å². The molecule has 1 aromatic rings. The van der Waals surface area contributed by atoms with Crippen LogP contribution < -0.4 is 10.6 Å². The van der Waals surface area contributed by atoms with Crippen LogP contribution in [0.25, 0.3) is 0 Å². The second-order valence-corrected chi connectivity index (χ2v) is 4.08. The zero-order chi connectivity index (χ0) is 10.7. The molecule has 0 bridgehead atoms. The Balaban J connectivity index is 0.00000128. The lowest BCUT2D eigenvalue weighted by atomic mass is 10.1. The van der Waals surface area contributed by atoms with Gasteiger partial charge in [0.2, 0.25) is 5.91 Å². The van der Waals surface area contributed by atoms with Crippen molar-refractivity contribution in [1.29, 1.82) is 0 Å². The van der Waals surface area contributed by atoms with Crippen LogP contribution in [0.4, 0.5) is 0 Å². The molecule has 0 aliphatic carbocycles. The number of amides is 1. The Morgan fingerprint density at radius 2 is 2.06 bits per heavy atom. The van der Waals surface area contributed by atoms with Crippen molar-refractivity contribution in [3.8, 4) is 0 Å². The molecule has 1 heterocycles. The zero-order valence-corrected chi connectivity index (χ0v) is 10.3. The van der Waals surface area contributed by atoms with Crippen LogP contribution in [0.5, 0.6) is 0 Å². The molecule has 1 fully saturated rings. The quantitative estimate of drug-likeness (QED) is 0.870. The van der Waals surface area contributed by atoms with Crippen LogP contribution in [0.15, 0.2) is 24.3 Å². The lowest BCUT2D eigenvalue weighted by molar-refractivity contribution is -0.124. The van der Waals surface area contributed by atoms with Gasteiger partial charge in [0, 0.05) is 11.6 Å². The van der Waals surface area contributed by atoms with Crippen LogP contribution in [0, 0.1) is 0 Å². The van der Waals surface area contributed by atoms with Crippen molar-refractivity contribution in [2.45, 2.75) is 19.0 Å². The van der Waals surface area contributed by atoms with Gasteiger partial charge in [-0.25, -0.2) is 0 Å². The first-order chi connectivity index (χ1) is 7.25. The Morgan fingerprint density at radius 3 is 2.56 bits per heavy atom. The van der Waals surface area contributed by atoms with E-state index in [2.05, 4.69) is 10.6 Å². The summed E-state index contributed by atoms with van der Waals surface area (Å²) in [5.74, 6) is 0.0798. The molecule has 88 valence electrons. The Bertz CT molecular complexity index is 350. The Morgan fingerprint density at radius 1 is 1.44 bits per heavy atom. The first-order valence-corrected chi connectivity index (χ1v) is 5.39. The Kier molecular flexibility index (Phi) is 5.06. The fourth-order valence-corrected chi connectivity index (χ4v) is 1.55.